The molecule has 0 aromatic rings. The van der Waals surface area contributed by atoms with Crippen LogP contribution in [0.2, 0.25) is 0 Å². The highest BCUT2D eigenvalue weighted by Crippen LogP contribution is 2.34. The molecular weight excluding hydrogens is 204 g/mol. The Balaban J connectivity index is 1.84. The standard InChI is InChI=1S/C13H22O3/c1-13(2)9-10(6-7-11(13)14)16-12-5-3-4-8-15-12/h10,12H,3-9H2,1-2H3. The number of rotatable bonds is 2. The fourth-order valence-corrected chi connectivity index (χ4v) is 2.56. The van der Waals surface area contributed by atoms with Crippen LogP contribution in [-0.2, 0) is 14.3 Å². The van der Waals surface area contributed by atoms with Crippen molar-refractivity contribution in [2.45, 2.75) is 64.8 Å². The van der Waals surface area contributed by atoms with Crippen molar-refractivity contribution in [1.82, 2.24) is 0 Å². The Bertz CT molecular complexity index is 254. The second-order valence-electron chi connectivity index (χ2n) is 5.60. The number of ketones is 1. The van der Waals surface area contributed by atoms with Gasteiger partial charge in [0.05, 0.1) is 6.10 Å². The van der Waals surface area contributed by atoms with Gasteiger partial charge in [0.25, 0.3) is 0 Å². The van der Waals surface area contributed by atoms with Crippen molar-refractivity contribution in [3.05, 3.63) is 0 Å². The Kier molecular flexibility index (Phi) is 3.65. The molecule has 92 valence electrons. The molecule has 2 unspecified atom stereocenters. The third-order valence-electron chi connectivity index (χ3n) is 3.67. The fourth-order valence-electron chi connectivity index (χ4n) is 2.56. The largest absolute Gasteiger partial charge is 0.353 e. The number of carbonyl (C=O) groups excluding carboxylic acids is 1. The highest BCUT2D eigenvalue weighted by atomic mass is 16.7. The summed E-state index contributed by atoms with van der Waals surface area (Å²) in [6, 6.07) is 0. The lowest BCUT2D eigenvalue weighted by molar-refractivity contribution is -0.199. The molecule has 3 heteroatoms. The van der Waals surface area contributed by atoms with E-state index in [9.17, 15) is 4.79 Å². The molecule has 1 saturated heterocycles. The number of hydrogen-bond donors (Lipinski definition) is 0. The number of carbonyl (C=O) groups is 1. The van der Waals surface area contributed by atoms with Crippen LogP contribution in [0.4, 0.5) is 0 Å². The van der Waals surface area contributed by atoms with Crippen LogP contribution < -0.4 is 0 Å². The Morgan fingerprint density at radius 2 is 2.12 bits per heavy atom. The minimum Gasteiger partial charge on any atom is -0.353 e. The van der Waals surface area contributed by atoms with Crippen LogP contribution in [-0.4, -0.2) is 24.8 Å². The van der Waals surface area contributed by atoms with E-state index in [4.69, 9.17) is 9.47 Å². The average Bonchev–Trinajstić information content (AvgIpc) is 2.25. The molecule has 0 spiro atoms. The SMILES string of the molecule is CC1(C)CC(OC2CCCCO2)CCC1=O. The summed E-state index contributed by atoms with van der Waals surface area (Å²) in [5.41, 5.74) is -0.211. The van der Waals surface area contributed by atoms with E-state index in [1.165, 1.54) is 6.42 Å². The molecule has 1 saturated carbocycles. The van der Waals surface area contributed by atoms with E-state index in [-0.39, 0.29) is 17.8 Å². The molecule has 0 aromatic carbocycles. The molecule has 3 nitrogen and oxygen atoms in total. The average molecular weight is 226 g/mol. The second-order valence-corrected chi connectivity index (χ2v) is 5.60. The maximum absolute atomic E-state index is 11.7. The van der Waals surface area contributed by atoms with Crippen LogP contribution in [0.5, 0.6) is 0 Å². The summed E-state index contributed by atoms with van der Waals surface area (Å²) in [6.07, 6.45) is 5.88. The van der Waals surface area contributed by atoms with Crippen LogP contribution in [0.1, 0.15) is 52.4 Å². The highest BCUT2D eigenvalue weighted by molar-refractivity contribution is 5.84. The monoisotopic (exact) mass is 226 g/mol. The van der Waals surface area contributed by atoms with Crippen LogP contribution >= 0.6 is 0 Å². The molecule has 2 fully saturated rings. The van der Waals surface area contributed by atoms with Crippen LogP contribution in [0.25, 0.3) is 0 Å². The number of hydrogen-bond acceptors (Lipinski definition) is 3. The summed E-state index contributed by atoms with van der Waals surface area (Å²) < 4.78 is 11.5. The van der Waals surface area contributed by atoms with E-state index in [0.717, 1.165) is 32.3 Å². The van der Waals surface area contributed by atoms with Crippen molar-refractivity contribution in [1.29, 1.82) is 0 Å². The molecule has 1 aliphatic heterocycles. The van der Waals surface area contributed by atoms with Crippen molar-refractivity contribution in [2.75, 3.05) is 6.61 Å². The molecule has 0 bridgehead atoms. The van der Waals surface area contributed by atoms with E-state index in [1.54, 1.807) is 0 Å². The van der Waals surface area contributed by atoms with Gasteiger partial charge in [0.2, 0.25) is 0 Å². The molecule has 0 amide bonds. The van der Waals surface area contributed by atoms with Crippen LogP contribution in [0.15, 0.2) is 0 Å². The van der Waals surface area contributed by atoms with E-state index in [0.29, 0.717) is 12.2 Å². The Morgan fingerprint density at radius 1 is 1.31 bits per heavy atom. The Hall–Kier alpha value is -0.410. The van der Waals surface area contributed by atoms with Crippen molar-refractivity contribution < 1.29 is 14.3 Å². The summed E-state index contributed by atoms with van der Waals surface area (Å²) in [4.78, 5) is 11.7. The normalized spacial score (nSPS) is 35.0. The van der Waals surface area contributed by atoms with Crippen molar-refractivity contribution >= 4 is 5.78 Å². The molecule has 1 aliphatic carbocycles. The lowest BCUT2D eigenvalue weighted by atomic mass is 9.75. The first-order chi connectivity index (χ1) is 7.58. The Labute approximate surface area is 97.5 Å². The van der Waals surface area contributed by atoms with Gasteiger partial charge in [0.1, 0.15) is 5.78 Å². The second kappa shape index (κ2) is 4.84. The van der Waals surface area contributed by atoms with Gasteiger partial charge in [-0.3, -0.25) is 4.79 Å². The molecule has 1 heterocycles. The van der Waals surface area contributed by atoms with Gasteiger partial charge in [0, 0.05) is 18.4 Å². The molecule has 2 rings (SSSR count). The lowest BCUT2D eigenvalue weighted by Gasteiger charge is -2.36. The molecule has 16 heavy (non-hydrogen) atoms. The Morgan fingerprint density at radius 3 is 2.75 bits per heavy atom. The van der Waals surface area contributed by atoms with Gasteiger partial charge in [-0.2, -0.15) is 0 Å². The zero-order valence-electron chi connectivity index (χ0n) is 10.3. The first-order valence-electron chi connectivity index (χ1n) is 6.38. The predicted octanol–water partition coefficient (Wildman–Crippen LogP) is 2.68. The minimum atomic E-state index is -0.211. The molecule has 2 atom stereocenters. The van der Waals surface area contributed by atoms with E-state index < -0.39 is 0 Å². The first kappa shape index (κ1) is 12.1. The van der Waals surface area contributed by atoms with Crippen molar-refractivity contribution in [3.63, 3.8) is 0 Å². The van der Waals surface area contributed by atoms with Crippen LogP contribution in [0, 0.1) is 5.41 Å². The maximum atomic E-state index is 11.7. The third kappa shape index (κ3) is 2.83. The smallest absolute Gasteiger partial charge is 0.157 e. The highest BCUT2D eigenvalue weighted by Gasteiger charge is 2.36. The van der Waals surface area contributed by atoms with Gasteiger partial charge in [-0.25, -0.2) is 0 Å². The molecule has 0 radical (unpaired) electrons. The van der Waals surface area contributed by atoms with Gasteiger partial charge >= 0.3 is 0 Å². The van der Waals surface area contributed by atoms with Gasteiger partial charge < -0.3 is 9.47 Å². The van der Waals surface area contributed by atoms with Gasteiger partial charge in [-0.05, 0) is 32.1 Å². The van der Waals surface area contributed by atoms with Crippen molar-refractivity contribution in [2.24, 2.45) is 5.41 Å². The summed E-state index contributed by atoms with van der Waals surface area (Å²) in [5.74, 6) is 0.372. The van der Waals surface area contributed by atoms with Gasteiger partial charge in [-0.1, -0.05) is 13.8 Å². The maximum Gasteiger partial charge on any atom is 0.157 e. The lowest BCUT2D eigenvalue weighted by Crippen LogP contribution is -2.38. The summed E-state index contributed by atoms with van der Waals surface area (Å²) in [7, 11) is 0. The summed E-state index contributed by atoms with van der Waals surface area (Å²) >= 11 is 0. The fraction of sp³-hybridized carbons (Fsp3) is 0.923. The van der Waals surface area contributed by atoms with Crippen LogP contribution in [0.3, 0.4) is 0 Å². The van der Waals surface area contributed by atoms with Crippen molar-refractivity contribution in [3.8, 4) is 0 Å². The van der Waals surface area contributed by atoms with E-state index in [2.05, 4.69) is 0 Å². The van der Waals surface area contributed by atoms with E-state index >= 15 is 0 Å². The quantitative estimate of drug-likeness (QED) is 0.726. The molecule has 0 N–H and O–H groups in total. The topological polar surface area (TPSA) is 35.5 Å². The van der Waals surface area contributed by atoms with E-state index in [1.807, 2.05) is 13.8 Å². The van der Waals surface area contributed by atoms with Gasteiger partial charge in [-0.15, -0.1) is 0 Å². The zero-order valence-corrected chi connectivity index (χ0v) is 10.3. The summed E-state index contributed by atoms with van der Waals surface area (Å²) in [5, 5.41) is 0. The number of Topliss-reactive ketones (excluding diaryl/α,β-unsaturated/α-hetero) is 1. The predicted molar refractivity (Wildman–Crippen MR) is 61.1 cm³/mol. The number of ether oxygens (including phenoxy) is 2. The zero-order chi connectivity index (χ0) is 11.6. The first-order valence-corrected chi connectivity index (χ1v) is 6.38. The minimum absolute atomic E-state index is 0.0252. The third-order valence-corrected chi connectivity index (χ3v) is 3.67. The summed E-state index contributed by atoms with van der Waals surface area (Å²) in [6.45, 7) is 4.86. The molecule has 0 aromatic heterocycles. The van der Waals surface area contributed by atoms with Gasteiger partial charge in [0.15, 0.2) is 6.29 Å². The molecule has 2 aliphatic rings. The molecular formula is C13H22O3.